The number of primary amides is 1. The molecule has 8 nitrogen and oxygen atoms in total. The number of aromatic nitrogens is 2. The van der Waals surface area contributed by atoms with Crippen LogP contribution in [0.2, 0.25) is 5.02 Å². The van der Waals surface area contributed by atoms with E-state index in [0.717, 1.165) is 11.0 Å². The van der Waals surface area contributed by atoms with Crippen molar-refractivity contribution in [2.24, 2.45) is 5.73 Å². The Morgan fingerprint density at radius 1 is 1.19 bits per heavy atom. The van der Waals surface area contributed by atoms with Crippen molar-refractivity contribution in [1.29, 1.82) is 0 Å². The summed E-state index contributed by atoms with van der Waals surface area (Å²) in [6.45, 7) is -0.438. The van der Waals surface area contributed by atoms with Gasteiger partial charge in [0.1, 0.15) is 23.6 Å². The van der Waals surface area contributed by atoms with Crippen LogP contribution in [-0.2, 0) is 19.8 Å². The zero-order valence-electron chi connectivity index (χ0n) is 15.9. The van der Waals surface area contributed by atoms with Crippen LogP contribution in [0.4, 0.5) is 15.9 Å². The van der Waals surface area contributed by atoms with Crippen molar-refractivity contribution >= 4 is 40.8 Å². The maximum absolute atomic E-state index is 14.0. The van der Waals surface area contributed by atoms with Gasteiger partial charge in [-0.25, -0.2) is 9.07 Å². The number of para-hydroxylation sites is 1. The van der Waals surface area contributed by atoms with Crippen LogP contribution in [0, 0.1) is 5.82 Å². The summed E-state index contributed by atoms with van der Waals surface area (Å²) in [7, 11) is 0. The first kappa shape index (κ1) is 19.3. The molecule has 0 saturated carbocycles. The van der Waals surface area contributed by atoms with E-state index in [0.29, 0.717) is 21.8 Å². The van der Waals surface area contributed by atoms with Crippen LogP contribution in [-0.4, -0.2) is 34.0 Å². The van der Waals surface area contributed by atoms with Gasteiger partial charge in [0.05, 0.1) is 22.6 Å². The topological polar surface area (TPSA) is 110 Å². The Balaban J connectivity index is 1.77. The molecule has 3 heterocycles. The maximum Gasteiger partial charge on any atom is 0.243 e. The number of carbonyl (C=O) groups is 3. The first-order chi connectivity index (χ1) is 14.8. The lowest BCUT2D eigenvalue weighted by atomic mass is 9.72. The van der Waals surface area contributed by atoms with Crippen molar-refractivity contribution < 1.29 is 18.8 Å². The number of fused-ring (bicyclic) bond motifs is 4. The Bertz CT molecular complexity index is 1290. The number of benzene rings is 2. The third-order valence-corrected chi connectivity index (χ3v) is 5.95. The van der Waals surface area contributed by atoms with Crippen molar-refractivity contribution in [3.8, 4) is 5.69 Å². The van der Waals surface area contributed by atoms with Gasteiger partial charge < -0.3 is 16.0 Å². The highest BCUT2D eigenvalue weighted by Crippen LogP contribution is 2.52. The Morgan fingerprint density at radius 3 is 2.71 bits per heavy atom. The van der Waals surface area contributed by atoms with Crippen LogP contribution < -0.4 is 16.0 Å². The Kier molecular flexibility index (Phi) is 4.13. The van der Waals surface area contributed by atoms with E-state index in [2.05, 4.69) is 10.4 Å². The predicted molar refractivity (Wildman–Crippen MR) is 111 cm³/mol. The highest BCUT2D eigenvalue weighted by molar-refractivity contribution is 6.32. The molecule has 0 radical (unpaired) electrons. The quantitative estimate of drug-likeness (QED) is 0.651. The SMILES string of the molecule is NC(=O)CN1C(=O)[C@]2(CC(=O)Nc3c2cnn3-c2ccccc2Cl)c2ccc(F)cc21. The minimum atomic E-state index is -1.46. The van der Waals surface area contributed by atoms with Crippen molar-refractivity contribution in [3.05, 3.63) is 70.6 Å². The van der Waals surface area contributed by atoms with E-state index in [1.807, 2.05) is 0 Å². The Morgan fingerprint density at radius 2 is 1.97 bits per heavy atom. The second-order valence-corrected chi connectivity index (χ2v) is 7.83. The first-order valence-corrected chi connectivity index (χ1v) is 9.74. The summed E-state index contributed by atoms with van der Waals surface area (Å²) < 4.78 is 15.5. The fraction of sp³-hybridized carbons (Fsp3) is 0.143. The molecule has 0 unspecified atom stereocenters. The fourth-order valence-electron chi connectivity index (χ4n) is 4.39. The number of carbonyl (C=O) groups excluding carboxylic acids is 3. The van der Waals surface area contributed by atoms with E-state index < -0.39 is 35.5 Å². The van der Waals surface area contributed by atoms with Gasteiger partial charge >= 0.3 is 0 Å². The van der Waals surface area contributed by atoms with Crippen molar-refractivity contribution in [2.45, 2.75) is 11.8 Å². The van der Waals surface area contributed by atoms with E-state index in [-0.39, 0.29) is 17.9 Å². The van der Waals surface area contributed by atoms with Crippen molar-refractivity contribution in [1.82, 2.24) is 9.78 Å². The van der Waals surface area contributed by atoms with Gasteiger partial charge in [0, 0.05) is 12.0 Å². The lowest BCUT2D eigenvalue weighted by Gasteiger charge is -2.32. The molecule has 31 heavy (non-hydrogen) atoms. The number of anilines is 2. The molecule has 0 bridgehead atoms. The third-order valence-electron chi connectivity index (χ3n) is 5.63. The largest absolute Gasteiger partial charge is 0.368 e. The summed E-state index contributed by atoms with van der Waals surface area (Å²) in [6.07, 6.45) is 1.26. The molecule has 2 aliphatic heterocycles. The van der Waals surface area contributed by atoms with Gasteiger partial charge in [-0.1, -0.05) is 29.8 Å². The van der Waals surface area contributed by atoms with Crippen LogP contribution in [0.15, 0.2) is 48.7 Å². The van der Waals surface area contributed by atoms with E-state index in [4.69, 9.17) is 17.3 Å². The summed E-state index contributed by atoms with van der Waals surface area (Å²) in [4.78, 5) is 39.2. The van der Waals surface area contributed by atoms with Gasteiger partial charge in [0.25, 0.3) is 0 Å². The van der Waals surface area contributed by atoms with Gasteiger partial charge in [-0.05, 0) is 29.8 Å². The molecular formula is C21H15ClFN5O3. The molecule has 2 aromatic carbocycles. The normalized spacial score (nSPS) is 19.4. The molecular weight excluding hydrogens is 425 g/mol. The summed E-state index contributed by atoms with van der Waals surface area (Å²) in [5.41, 5.74) is 5.43. The number of nitrogens with zero attached hydrogens (tertiary/aromatic N) is 3. The highest BCUT2D eigenvalue weighted by Gasteiger charge is 2.57. The molecule has 1 spiro atoms. The van der Waals surface area contributed by atoms with Crippen LogP contribution in [0.25, 0.3) is 5.69 Å². The highest BCUT2D eigenvalue weighted by atomic mass is 35.5. The summed E-state index contributed by atoms with van der Waals surface area (Å²) >= 11 is 6.31. The average molecular weight is 440 g/mol. The van der Waals surface area contributed by atoms with E-state index in [1.54, 1.807) is 24.3 Å². The summed E-state index contributed by atoms with van der Waals surface area (Å²) in [5, 5.41) is 7.55. The minimum Gasteiger partial charge on any atom is -0.368 e. The van der Waals surface area contributed by atoms with Crippen LogP contribution in [0.1, 0.15) is 17.5 Å². The molecule has 2 aliphatic rings. The monoisotopic (exact) mass is 439 g/mol. The number of rotatable bonds is 3. The van der Waals surface area contributed by atoms with E-state index in [9.17, 15) is 18.8 Å². The number of hydrogen-bond acceptors (Lipinski definition) is 4. The third kappa shape index (κ3) is 2.66. The molecule has 156 valence electrons. The second kappa shape index (κ2) is 6.64. The molecule has 1 aromatic heterocycles. The van der Waals surface area contributed by atoms with Crippen LogP contribution >= 0.6 is 11.6 Å². The van der Waals surface area contributed by atoms with Gasteiger partial charge in [0.2, 0.25) is 17.7 Å². The average Bonchev–Trinajstić information content (AvgIpc) is 3.22. The molecule has 5 rings (SSSR count). The second-order valence-electron chi connectivity index (χ2n) is 7.42. The Labute approximate surface area is 180 Å². The van der Waals surface area contributed by atoms with Crippen molar-refractivity contribution in [2.75, 3.05) is 16.8 Å². The number of nitrogens with one attached hydrogen (secondary N) is 1. The summed E-state index contributed by atoms with van der Waals surface area (Å²) in [5.74, 6) is -2.01. The molecule has 0 aliphatic carbocycles. The molecule has 0 saturated heterocycles. The number of hydrogen-bond donors (Lipinski definition) is 2. The summed E-state index contributed by atoms with van der Waals surface area (Å²) in [6, 6.07) is 10.8. The maximum atomic E-state index is 14.0. The van der Waals surface area contributed by atoms with Gasteiger partial charge in [0.15, 0.2) is 0 Å². The standard InChI is InChI=1S/C21H15ClFN5O3/c22-14-3-1-2-4-15(14)28-19-13(9-25-28)21(8-18(30)26-19)12-6-5-11(23)7-16(12)27(20(21)31)10-17(24)29/h1-7,9H,8,10H2,(H2,24,29)(H,26,30)/t21-/m1/s1. The molecule has 1 atom stereocenters. The smallest absolute Gasteiger partial charge is 0.243 e. The molecule has 3 aromatic rings. The fourth-order valence-corrected chi connectivity index (χ4v) is 4.60. The molecule has 3 N–H and O–H groups in total. The number of nitrogens with two attached hydrogens (primary N) is 1. The zero-order chi connectivity index (χ0) is 21.9. The molecule has 0 fully saturated rings. The van der Waals surface area contributed by atoms with Gasteiger partial charge in [-0.3, -0.25) is 14.4 Å². The van der Waals surface area contributed by atoms with Gasteiger partial charge in [-0.2, -0.15) is 5.10 Å². The van der Waals surface area contributed by atoms with Crippen molar-refractivity contribution in [3.63, 3.8) is 0 Å². The van der Waals surface area contributed by atoms with Gasteiger partial charge in [-0.15, -0.1) is 0 Å². The van der Waals surface area contributed by atoms with Crippen LogP contribution in [0.5, 0.6) is 0 Å². The van der Waals surface area contributed by atoms with E-state index >= 15 is 0 Å². The van der Waals surface area contributed by atoms with Crippen LogP contribution in [0.3, 0.4) is 0 Å². The predicted octanol–water partition coefficient (Wildman–Crippen LogP) is 2.13. The lowest BCUT2D eigenvalue weighted by molar-refractivity contribution is -0.127. The minimum absolute atomic E-state index is 0.204. The Hall–Kier alpha value is -3.72. The zero-order valence-corrected chi connectivity index (χ0v) is 16.7. The lowest BCUT2D eigenvalue weighted by Crippen LogP contribution is -2.48. The number of amides is 3. The van der Waals surface area contributed by atoms with E-state index in [1.165, 1.54) is 23.0 Å². The first-order valence-electron chi connectivity index (χ1n) is 9.36. The molecule has 3 amide bonds. The number of halogens is 2. The molecule has 10 heteroatoms.